The molecular formula is C15H25BO2. The zero-order valence-electron chi connectivity index (χ0n) is 12.4. The number of rotatable bonds is 4. The van der Waals surface area contributed by atoms with Crippen LogP contribution in [0.5, 0.6) is 0 Å². The van der Waals surface area contributed by atoms with Crippen LogP contribution < -0.4 is 5.46 Å². The molecule has 1 rings (SSSR count). The summed E-state index contributed by atoms with van der Waals surface area (Å²) >= 11 is 0. The van der Waals surface area contributed by atoms with Crippen LogP contribution in [-0.2, 0) is 11.3 Å². The van der Waals surface area contributed by atoms with Crippen molar-refractivity contribution in [2.24, 2.45) is 5.41 Å². The second-order valence-electron chi connectivity index (χ2n) is 6.38. The molecule has 1 aromatic carbocycles. The van der Waals surface area contributed by atoms with Crippen LogP contribution in [0.1, 0.15) is 40.2 Å². The Hall–Kier alpha value is -0.795. The van der Waals surface area contributed by atoms with Gasteiger partial charge in [0, 0.05) is 0 Å². The molecule has 1 aromatic rings. The van der Waals surface area contributed by atoms with E-state index in [2.05, 4.69) is 34.6 Å². The molecular weight excluding hydrogens is 223 g/mol. The Morgan fingerprint density at radius 2 is 1.67 bits per heavy atom. The molecule has 1 N–H and O–H groups in total. The standard InChI is InChI=1S/C15H25BO2/c1-14(2,3)15(4,5)18-16(6)13-10-8-7-9-12(13)11-17/h7-10,17H,11H2,1-6H3. The number of benzene rings is 1. The smallest absolute Gasteiger partial charge is 0.324 e. The maximum Gasteiger partial charge on any atom is 0.324 e. The van der Waals surface area contributed by atoms with Gasteiger partial charge in [0.15, 0.2) is 0 Å². The Balaban J connectivity index is 2.92. The van der Waals surface area contributed by atoms with Crippen molar-refractivity contribution < 1.29 is 9.76 Å². The number of aliphatic hydroxyl groups is 1. The molecule has 0 bridgehead atoms. The molecule has 0 aliphatic heterocycles. The Bertz CT molecular complexity index is 394. The summed E-state index contributed by atoms with van der Waals surface area (Å²) < 4.78 is 6.22. The fourth-order valence-electron chi connectivity index (χ4n) is 1.76. The first-order chi connectivity index (χ1) is 8.19. The molecule has 3 heteroatoms. The van der Waals surface area contributed by atoms with E-state index in [1.165, 1.54) is 0 Å². The van der Waals surface area contributed by atoms with Gasteiger partial charge in [-0.15, -0.1) is 0 Å². The molecule has 0 aliphatic rings. The van der Waals surface area contributed by atoms with Crippen LogP contribution in [0, 0.1) is 5.41 Å². The highest BCUT2D eigenvalue weighted by molar-refractivity contribution is 6.66. The van der Waals surface area contributed by atoms with Crippen LogP contribution in [0.2, 0.25) is 6.82 Å². The first-order valence-corrected chi connectivity index (χ1v) is 6.55. The lowest BCUT2D eigenvalue weighted by Gasteiger charge is -2.41. The van der Waals surface area contributed by atoms with Crippen molar-refractivity contribution in [1.29, 1.82) is 0 Å². The van der Waals surface area contributed by atoms with E-state index in [1.54, 1.807) is 0 Å². The summed E-state index contributed by atoms with van der Waals surface area (Å²) in [6.45, 7) is 12.8. The second-order valence-corrected chi connectivity index (χ2v) is 6.38. The maximum absolute atomic E-state index is 9.37. The highest BCUT2D eigenvalue weighted by Gasteiger charge is 2.36. The van der Waals surface area contributed by atoms with Crippen molar-refractivity contribution in [2.75, 3.05) is 0 Å². The molecule has 0 saturated heterocycles. The van der Waals surface area contributed by atoms with Crippen LogP contribution in [0.25, 0.3) is 0 Å². The van der Waals surface area contributed by atoms with E-state index in [1.807, 2.05) is 31.1 Å². The van der Waals surface area contributed by atoms with Gasteiger partial charge in [0.1, 0.15) is 0 Å². The van der Waals surface area contributed by atoms with Gasteiger partial charge in [0.25, 0.3) is 0 Å². The third kappa shape index (κ3) is 3.36. The van der Waals surface area contributed by atoms with E-state index in [0.29, 0.717) is 0 Å². The first kappa shape index (κ1) is 15.3. The predicted octanol–water partition coefficient (Wildman–Crippen LogP) is 2.85. The van der Waals surface area contributed by atoms with E-state index in [0.717, 1.165) is 11.0 Å². The van der Waals surface area contributed by atoms with Gasteiger partial charge in [-0.1, -0.05) is 51.9 Å². The van der Waals surface area contributed by atoms with E-state index in [4.69, 9.17) is 4.65 Å². The average molecular weight is 248 g/mol. The summed E-state index contributed by atoms with van der Waals surface area (Å²) in [7, 11) is 0. The van der Waals surface area contributed by atoms with Crippen molar-refractivity contribution in [1.82, 2.24) is 0 Å². The lowest BCUT2D eigenvalue weighted by molar-refractivity contribution is 0.000393. The third-order valence-corrected chi connectivity index (χ3v) is 3.94. The summed E-state index contributed by atoms with van der Waals surface area (Å²) in [6, 6.07) is 7.89. The van der Waals surface area contributed by atoms with Crippen molar-refractivity contribution in [3.8, 4) is 0 Å². The highest BCUT2D eigenvalue weighted by Crippen LogP contribution is 2.33. The number of aliphatic hydroxyl groups excluding tert-OH is 1. The summed E-state index contributed by atoms with van der Waals surface area (Å²) in [6.07, 6.45) is 0. The van der Waals surface area contributed by atoms with Crippen molar-refractivity contribution in [3.63, 3.8) is 0 Å². The van der Waals surface area contributed by atoms with Crippen LogP contribution in [-0.4, -0.2) is 17.6 Å². The van der Waals surface area contributed by atoms with Gasteiger partial charge in [-0.25, -0.2) is 0 Å². The lowest BCUT2D eigenvalue weighted by Crippen LogP contribution is -2.47. The summed E-state index contributed by atoms with van der Waals surface area (Å²) in [5, 5.41) is 9.37. The van der Waals surface area contributed by atoms with E-state index < -0.39 is 0 Å². The largest absolute Gasteiger partial charge is 0.426 e. The fraction of sp³-hybridized carbons (Fsp3) is 0.600. The molecule has 100 valence electrons. The SMILES string of the molecule is CB(OC(C)(C)C(C)(C)C)c1ccccc1CO. The minimum Gasteiger partial charge on any atom is -0.426 e. The lowest BCUT2D eigenvalue weighted by atomic mass is 9.60. The molecule has 0 fully saturated rings. The van der Waals surface area contributed by atoms with Crippen LogP contribution in [0.4, 0.5) is 0 Å². The number of hydrogen-bond donors (Lipinski definition) is 1. The Morgan fingerprint density at radius 1 is 1.11 bits per heavy atom. The first-order valence-electron chi connectivity index (χ1n) is 6.55. The molecule has 0 saturated carbocycles. The Labute approximate surface area is 111 Å². The quantitative estimate of drug-likeness (QED) is 0.830. The highest BCUT2D eigenvalue weighted by atomic mass is 16.5. The molecule has 2 nitrogen and oxygen atoms in total. The molecule has 0 aromatic heterocycles. The van der Waals surface area contributed by atoms with Gasteiger partial charge in [0.05, 0.1) is 12.2 Å². The zero-order chi connectivity index (χ0) is 14.0. The molecule has 0 heterocycles. The molecule has 0 radical (unpaired) electrons. The van der Waals surface area contributed by atoms with Crippen molar-refractivity contribution in [3.05, 3.63) is 29.8 Å². The van der Waals surface area contributed by atoms with Crippen LogP contribution >= 0.6 is 0 Å². The van der Waals surface area contributed by atoms with E-state index >= 15 is 0 Å². The topological polar surface area (TPSA) is 29.5 Å². The summed E-state index contributed by atoms with van der Waals surface area (Å²) in [4.78, 5) is 0. The van der Waals surface area contributed by atoms with Gasteiger partial charge in [-0.3, -0.25) is 0 Å². The Morgan fingerprint density at radius 3 is 2.17 bits per heavy atom. The van der Waals surface area contributed by atoms with Crippen LogP contribution in [0.15, 0.2) is 24.3 Å². The summed E-state index contributed by atoms with van der Waals surface area (Å²) in [5.41, 5.74) is 1.84. The number of hydrogen-bond acceptors (Lipinski definition) is 2. The molecule has 0 aliphatic carbocycles. The summed E-state index contributed by atoms with van der Waals surface area (Å²) in [5.74, 6) is 0. The normalized spacial score (nSPS) is 12.6. The monoisotopic (exact) mass is 248 g/mol. The van der Waals surface area contributed by atoms with Crippen molar-refractivity contribution in [2.45, 2.75) is 53.6 Å². The average Bonchev–Trinajstić information content (AvgIpc) is 2.26. The van der Waals surface area contributed by atoms with E-state index in [9.17, 15) is 5.11 Å². The molecule has 0 atom stereocenters. The minimum atomic E-state index is -0.227. The van der Waals surface area contributed by atoms with Gasteiger partial charge in [0.2, 0.25) is 0 Å². The molecule has 0 unspecified atom stereocenters. The molecule has 0 amide bonds. The van der Waals surface area contributed by atoms with Gasteiger partial charge in [-0.05, 0) is 30.3 Å². The van der Waals surface area contributed by atoms with Gasteiger partial charge >= 0.3 is 6.92 Å². The zero-order valence-corrected chi connectivity index (χ0v) is 12.4. The minimum absolute atomic E-state index is 0.0254. The predicted molar refractivity (Wildman–Crippen MR) is 78.2 cm³/mol. The van der Waals surface area contributed by atoms with Gasteiger partial charge in [-0.2, -0.15) is 0 Å². The van der Waals surface area contributed by atoms with Crippen LogP contribution in [0.3, 0.4) is 0 Å². The second kappa shape index (κ2) is 5.46. The Kier molecular flexibility index (Phi) is 4.63. The van der Waals surface area contributed by atoms with E-state index in [-0.39, 0.29) is 24.5 Å². The fourth-order valence-corrected chi connectivity index (χ4v) is 1.76. The van der Waals surface area contributed by atoms with Gasteiger partial charge < -0.3 is 9.76 Å². The maximum atomic E-state index is 9.37. The molecule has 0 spiro atoms. The molecule has 18 heavy (non-hydrogen) atoms. The van der Waals surface area contributed by atoms with Crippen molar-refractivity contribution >= 4 is 12.4 Å². The third-order valence-electron chi connectivity index (χ3n) is 3.94.